The maximum Gasteiger partial charge on any atom is 0.335 e. The molecule has 1 heterocycles. The van der Waals surface area contributed by atoms with Gasteiger partial charge in [-0.3, -0.25) is 0 Å². The predicted octanol–water partition coefficient (Wildman–Crippen LogP) is 2.17. The summed E-state index contributed by atoms with van der Waals surface area (Å²) in [5, 5.41) is 11.9. The largest absolute Gasteiger partial charge is 0.478 e. The highest BCUT2D eigenvalue weighted by atomic mass is 16.4. The second-order valence-electron chi connectivity index (χ2n) is 3.54. The Balaban J connectivity index is 2.09. The second-order valence-corrected chi connectivity index (χ2v) is 3.54. The first-order valence-electron chi connectivity index (χ1n) is 5.06. The Labute approximate surface area is 97.9 Å². The third kappa shape index (κ3) is 2.57. The highest BCUT2D eigenvalue weighted by molar-refractivity contribution is 5.90. The smallest absolute Gasteiger partial charge is 0.335 e. The molecule has 0 atom stereocenters. The maximum absolute atomic E-state index is 10.7. The van der Waals surface area contributed by atoms with Crippen molar-refractivity contribution in [2.24, 2.45) is 0 Å². The Morgan fingerprint density at radius 1 is 1.41 bits per heavy atom. The van der Waals surface area contributed by atoms with E-state index in [2.05, 4.69) is 5.32 Å². The van der Waals surface area contributed by atoms with Crippen LogP contribution in [0.4, 0.5) is 11.4 Å². The van der Waals surface area contributed by atoms with Gasteiger partial charge in [0.15, 0.2) is 0 Å². The normalized spacial score (nSPS) is 10.1. The predicted molar refractivity (Wildman–Crippen MR) is 63.8 cm³/mol. The van der Waals surface area contributed by atoms with Gasteiger partial charge < -0.3 is 20.6 Å². The molecule has 0 aliphatic heterocycles. The van der Waals surface area contributed by atoms with E-state index in [9.17, 15) is 4.79 Å². The standard InChI is InChI=1S/C12H12N2O3/c13-10-6-8(12(15)16)3-4-11(10)14-7-9-2-1-5-17-9/h1-6,14H,7,13H2,(H,15,16). The van der Waals surface area contributed by atoms with E-state index in [1.165, 1.54) is 12.1 Å². The second kappa shape index (κ2) is 4.61. The number of hydrogen-bond acceptors (Lipinski definition) is 4. The first kappa shape index (κ1) is 11.1. The first-order valence-corrected chi connectivity index (χ1v) is 5.06. The number of benzene rings is 1. The summed E-state index contributed by atoms with van der Waals surface area (Å²) in [7, 11) is 0. The molecule has 17 heavy (non-hydrogen) atoms. The lowest BCUT2D eigenvalue weighted by molar-refractivity contribution is 0.0697. The summed E-state index contributed by atoms with van der Waals surface area (Å²) >= 11 is 0. The lowest BCUT2D eigenvalue weighted by atomic mass is 10.1. The zero-order valence-corrected chi connectivity index (χ0v) is 9.01. The van der Waals surface area contributed by atoms with Gasteiger partial charge in [-0.2, -0.15) is 0 Å². The van der Waals surface area contributed by atoms with Crippen molar-refractivity contribution in [1.29, 1.82) is 0 Å². The number of hydrogen-bond donors (Lipinski definition) is 3. The van der Waals surface area contributed by atoms with E-state index < -0.39 is 5.97 Å². The van der Waals surface area contributed by atoms with Crippen LogP contribution in [0.15, 0.2) is 41.0 Å². The van der Waals surface area contributed by atoms with Crippen molar-refractivity contribution in [3.63, 3.8) is 0 Å². The van der Waals surface area contributed by atoms with Crippen LogP contribution in [-0.2, 0) is 6.54 Å². The van der Waals surface area contributed by atoms with Crippen LogP contribution < -0.4 is 11.1 Å². The zero-order valence-electron chi connectivity index (χ0n) is 9.01. The molecule has 0 saturated carbocycles. The number of nitrogens with one attached hydrogen (secondary N) is 1. The van der Waals surface area contributed by atoms with Crippen molar-refractivity contribution < 1.29 is 14.3 Å². The van der Waals surface area contributed by atoms with Gasteiger partial charge >= 0.3 is 5.97 Å². The Hall–Kier alpha value is -2.43. The van der Waals surface area contributed by atoms with Crippen molar-refractivity contribution in [3.8, 4) is 0 Å². The van der Waals surface area contributed by atoms with Crippen LogP contribution in [-0.4, -0.2) is 11.1 Å². The monoisotopic (exact) mass is 232 g/mol. The van der Waals surface area contributed by atoms with E-state index in [4.69, 9.17) is 15.3 Å². The third-order valence-electron chi connectivity index (χ3n) is 2.33. The molecule has 0 unspecified atom stereocenters. The summed E-state index contributed by atoms with van der Waals surface area (Å²) in [5.41, 5.74) is 7.00. The van der Waals surface area contributed by atoms with Crippen LogP contribution in [0.25, 0.3) is 0 Å². The summed E-state index contributed by atoms with van der Waals surface area (Å²) in [6.07, 6.45) is 1.59. The summed E-state index contributed by atoms with van der Waals surface area (Å²) in [5.74, 6) is -0.207. The number of nitrogen functional groups attached to an aromatic ring is 1. The molecule has 0 aliphatic rings. The molecule has 5 nitrogen and oxygen atoms in total. The molecular weight excluding hydrogens is 220 g/mol. The molecule has 0 saturated heterocycles. The van der Waals surface area contributed by atoms with Crippen LogP contribution in [0.5, 0.6) is 0 Å². The van der Waals surface area contributed by atoms with Crippen molar-refractivity contribution >= 4 is 17.3 Å². The number of furan rings is 1. The van der Waals surface area contributed by atoms with Crippen LogP contribution in [0.2, 0.25) is 0 Å². The molecule has 1 aromatic heterocycles. The lowest BCUT2D eigenvalue weighted by Gasteiger charge is -2.08. The van der Waals surface area contributed by atoms with Crippen molar-refractivity contribution in [2.45, 2.75) is 6.54 Å². The molecule has 5 heteroatoms. The average Bonchev–Trinajstić information content (AvgIpc) is 2.80. The van der Waals surface area contributed by atoms with E-state index in [0.29, 0.717) is 17.9 Å². The molecule has 4 N–H and O–H groups in total. The minimum atomic E-state index is -0.991. The van der Waals surface area contributed by atoms with E-state index in [-0.39, 0.29) is 5.56 Å². The molecule has 0 amide bonds. The number of anilines is 2. The van der Waals surface area contributed by atoms with Crippen LogP contribution in [0.3, 0.4) is 0 Å². The van der Waals surface area contributed by atoms with Crippen molar-refractivity contribution in [1.82, 2.24) is 0 Å². The maximum atomic E-state index is 10.7. The fraction of sp³-hybridized carbons (Fsp3) is 0.0833. The number of rotatable bonds is 4. The molecule has 0 spiro atoms. The molecule has 0 fully saturated rings. The van der Waals surface area contributed by atoms with Gasteiger partial charge in [-0.25, -0.2) is 4.79 Å². The fourth-order valence-electron chi connectivity index (χ4n) is 1.45. The van der Waals surface area contributed by atoms with E-state index in [1.807, 2.05) is 6.07 Å². The Morgan fingerprint density at radius 2 is 2.24 bits per heavy atom. The highest BCUT2D eigenvalue weighted by Gasteiger charge is 2.06. The molecule has 0 radical (unpaired) electrons. The van der Waals surface area contributed by atoms with Gasteiger partial charge in [0, 0.05) is 0 Å². The van der Waals surface area contributed by atoms with Crippen LogP contribution >= 0.6 is 0 Å². The quantitative estimate of drug-likeness (QED) is 0.703. The summed E-state index contributed by atoms with van der Waals surface area (Å²) in [6.45, 7) is 0.504. The molecule has 0 bridgehead atoms. The molecule has 1 aromatic carbocycles. The van der Waals surface area contributed by atoms with E-state index in [0.717, 1.165) is 5.76 Å². The molecule has 2 aromatic rings. The Kier molecular flexibility index (Phi) is 3.00. The minimum absolute atomic E-state index is 0.172. The van der Waals surface area contributed by atoms with E-state index in [1.54, 1.807) is 18.4 Å². The molecule has 0 aliphatic carbocycles. The number of carboxylic acids is 1. The molecule has 88 valence electrons. The van der Waals surface area contributed by atoms with Gasteiger partial charge in [0.2, 0.25) is 0 Å². The summed E-state index contributed by atoms with van der Waals surface area (Å²) in [4.78, 5) is 10.7. The third-order valence-corrected chi connectivity index (χ3v) is 2.33. The lowest BCUT2D eigenvalue weighted by Crippen LogP contribution is -2.04. The Morgan fingerprint density at radius 3 is 2.82 bits per heavy atom. The molecular formula is C12H12N2O3. The van der Waals surface area contributed by atoms with Gasteiger partial charge in [-0.15, -0.1) is 0 Å². The van der Waals surface area contributed by atoms with Gasteiger partial charge in [-0.05, 0) is 30.3 Å². The van der Waals surface area contributed by atoms with Gasteiger partial charge in [0.1, 0.15) is 5.76 Å². The van der Waals surface area contributed by atoms with Crippen LogP contribution in [0.1, 0.15) is 16.1 Å². The van der Waals surface area contributed by atoms with Crippen molar-refractivity contribution in [2.75, 3.05) is 11.1 Å². The Bertz CT molecular complexity index is 521. The summed E-state index contributed by atoms with van der Waals surface area (Å²) in [6, 6.07) is 8.21. The van der Waals surface area contributed by atoms with Gasteiger partial charge in [0.05, 0.1) is 29.7 Å². The minimum Gasteiger partial charge on any atom is -0.478 e. The topological polar surface area (TPSA) is 88.5 Å². The van der Waals surface area contributed by atoms with E-state index >= 15 is 0 Å². The van der Waals surface area contributed by atoms with Crippen molar-refractivity contribution in [3.05, 3.63) is 47.9 Å². The highest BCUT2D eigenvalue weighted by Crippen LogP contribution is 2.20. The van der Waals surface area contributed by atoms with Gasteiger partial charge in [0.25, 0.3) is 0 Å². The average molecular weight is 232 g/mol. The zero-order chi connectivity index (χ0) is 12.3. The number of carbonyl (C=O) groups is 1. The number of aromatic carboxylic acids is 1. The van der Waals surface area contributed by atoms with Crippen LogP contribution in [0, 0.1) is 0 Å². The first-order chi connectivity index (χ1) is 8.16. The van der Waals surface area contributed by atoms with Gasteiger partial charge in [-0.1, -0.05) is 0 Å². The number of carboxylic acid groups (broad SMARTS) is 1. The summed E-state index contributed by atoms with van der Waals surface area (Å²) < 4.78 is 5.16. The SMILES string of the molecule is Nc1cc(C(=O)O)ccc1NCc1ccco1. The fourth-order valence-corrected chi connectivity index (χ4v) is 1.45. The number of nitrogens with two attached hydrogens (primary N) is 1. The molecule has 2 rings (SSSR count).